The fourth-order valence-electron chi connectivity index (χ4n) is 1.31. The lowest BCUT2D eigenvalue weighted by Crippen LogP contribution is -2.34. The van der Waals surface area contributed by atoms with E-state index in [0.29, 0.717) is 12.3 Å². The zero-order valence-corrected chi connectivity index (χ0v) is 11.1. The molecule has 17 heavy (non-hydrogen) atoms. The van der Waals surface area contributed by atoms with Crippen molar-refractivity contribution in [3.63, 3.8) is 0 Å². The van der Waals surface area contributed by atoms with Crippen LogP contribution in [0.25, 0.3) is 0 Å². The summed E-state index contributed by atoms with van der Waals surface area (Å²) in [7, 11) is -3.55. The van der Waals surface area contributed by atoms with Gasteiger partial charge in [0.1, 0.15) is 0 Å². The molecule has 1 rings (SSSR count). The Morgan fingerprint density at radius 2 is 1.94 bits per heavy atom. The number of rotatable bonds is 6. The molecule has 0 saturated heterocycles. The number of benzene rings is 1. The minimum Gasteiger partial charge on any atom is -0.395 e. The molecule has 1 aromatic carbocycles. The van der Waals surface area contributed by atoms with E-state index in [0.717, 1.165) is 5.56 Å². The van der Waals surface area contributed by atoms with E-state index in [9.17, 15) is 8.42 Å². The van der Waals surface area contributed by atoms with E-state index in [2.05, 4.69) is 4.72 Å². The summed E-state index contributed by atoms with van der Waals surface area (Å²) >= 11 is 5.60. The number of hydrogen-bond donors (Lipinski definition) is 2. The van der Waals surface area contributed by atoms with Crippen LogP contribution in [-0.4, -0.2) is 32.1 Å². The Morgan fingerprint density at radius 3 is 2.41 bits per heavy atom. The molecule has 96 valence electrons. The second kappa shape index (κ2) is 6.35. The molecular formula is C11H16ClNO3S. The maximum atomic E-state index is 11.8. The Balaban J connectivity index is 2.85. The molecule has 1 aromatic rings. The molecular weight excluding hydrogens is 262 g/mol. The lowest BCUT2D eigenvalue weighted by molar-refractivity contribution is 0.265. The van der Waals surface area contributed by atoms with Crippen molar-refractivity contribution in [2.45, 2.75) is 24.3 Å². The van der Waals surface area contributed by atoms with Gasteiger partial charge in [-0.1, -0.05) is 12.1 Å². The SMILES string of the molecule is C[C@@H](CO)NS(=O)(=O)c1ccc(CCCl)cc1. The molecule has 4 nitrogen and oxygen atoms in total. The maximum absolute atomic E-state index is 11.8. The first-order valence-electron chi connectivity index (χ1n) is 5.27. The Morgan fingerprint density at radius 1 is 1.35 bits per heavy atom. The molecule has 2 N–H and O–H groups in total. The van der Waals surface area contributed by atoms with Crippen LogP contribution in [0.15, 0.2) is 29.2 Å². The first-order valence-corrected chi connectivity index (χ1v) is 7.29. The van der Waals surface area contributed by atoms with E-state index < -0.39 is 16.1 Å². The lowest BCUT2D eigenvalue weighted by atomic mass is 10.2. The number of halogens is 1. The van der Waals surface area contributed by atoms with Crippen molar-refractivity contribution >= 4 is 21.6 Å². The molecule has 0 radical (unpaired) electrons. The first-order chi connectivity index (χ1) is 7.99. The topological polar surface area (TPSA) is 66.4 Å². The molecule has 0 unspecified atom stereocenters. The van der Waals surface area contributed by atoms with Gasteiger partial charge in [0.2, 0.25) is 10.0 Å². The highest BCUT2D eigenvalue weighted by atomic mass is 35.5. The lowest BCUT2D eigenvalue weighted by Gasteiger charge is -2.11. The van der Waals surface area contributed by atoms with Gasteiger partial charge >= 0.3 is 0 Å². The number of aliphatic hydroxyl groups excluding tert-OH is 1. The third-order valence-electron chi connectivity index (χ3n) is 2.25. The third-order valence-corrected chi connectivity index (χ3v) is 4.04. The van der Waals surface area contributed by atoms with Gasteiger partial charge in [-0.15, -0.1) is 11.6 Å². The average Bonchev–Trinajstić information content (AvgIpc) is 2.29. The highest BCUT2D eigenvalue weighted by Crippen LogP contribution is 2.11. The van der Waals surface area contributed by atoms with E-state index in [1.807, 2.05) is 0 Å². The predicted molar refractivity (Wildman–Crippen MR) is 67.7 cm³/mol. The monoisotopic (exact) mass is 277 g/mol. The summed E-state index contributed by atoms with van der Waals surface area (Å²) in [6.45, 7) is 1.36. The van der Waals surface area contributed by atoms with Crippen LogP contribution in [0.2, 0.25) is 0 Å². The number of aryl methyl sites for hydroxylation is 1. The molecule has 0 bridgehead atoms. The summed E-state index contributed by atoms with van der Waals surface area (Å²) in [6, 6.07) is 6.05. The standard InChI is InChI=1S/C11H16ClNO3S/c1-9(8-14)13-17(15,16)11-4-2-10(3-5-11)6-7-12/h2-5,9,13-14H,6-8H2,1H3/t9-/m0/s1. The van der Waals surface area contributed by atoms with Gasteiger partial charge in [-0.2, -0.15) is 0 Å². The Kier molecular flexibility index (Phi) is 5.39. The van der Waals surface area contributed by atoms with Crippen LogP contribution < -0.4 is 4.72 Å². The van der Waals surface area contributed by atoms with Crippen molar-refractivity contribution in [1.29, 1.82) is 0 Å². The fraction of sp³-hybridized carbons (Fsp3) is 0.455. The molecule has 6 heteroatoms. The average molecular weight is 278 g/mol. The number of hydrogen-bond acceptors (Lipinski definition) is 3. The van der Waals surface area contributed by atoms with Gasteiger partial charge < -0.3 is 5.11 Å². The van der Waals surface area contributed by atoms with Gasteiger partial charge in [0.05, 0.1) is 11.5 Å². The van der Waals surface area contributed by atoms with E-state index in [1.165, 1.54) is 12.1 Å². The van der Waals surface area contributed by atoms with Crippen LogP contribution in [-0.2, 0) is 16.4 Å². The number of nitrogens with one attached hydrogen (secondary N) is 1. The fourth-order valence-corrected chi connectivity index (χ4v) is 2.77. The normalized spacial score (nSPS) is 13.6. The number of aliphatic hydroxyl groups is 1. The van der Waals surface area contributed by atoms with Crippen molar-refractivity contribution in [3.05, 3.63) is 29.8 Å². The minimum atomic E-state index is -3.55. The van der Waals surface area contributed by atoms with Crippen LogP contribution in [0.1, 0.15) is 12.5 Å². The number of alkyl halides is 1. The van der Waals surface area contributed by atoms with Crippen molar-refractivity contribution in [2.75, 3.05) is 12.5 Å². The van der Waals surface area contributed by atoms with Crippen molar-refractivity contribution < 1.29 is 13.5 Å². The predicted octanol–water partition coefficient (Wildman–Crippen LogP) is 1.13. The van der Waals surface area contributed by atoms with Crippen LogP contribution in [0.5, 0.6) is 0 Å². The summed E-state index contributed by atoms with van der Waals surface area (Å²) in [4.78, 5) is 0.191. The van der Waals surface area contributed by atoms with Crippen molar-refractivity contribution in [3.8, 4) is 0 Å². The second-order valence-corrected chi connectivity index (χ2v) is 5.88. The van der Waals surface area contributed by atoms with E-state index in [4.69, 9.17) is 16.7 Å². The van der Waals surface area contributed by atoms with Gasteiger partial charge in [0, 0.05) is 11.9 Å². The van der Waals surface area contributed by atoms with Gasteiger partial charge in [-0.05, 0) is 31.0 Å². The molecule has 0 spiro atoms. The summed E-state index contributed by atoms with van der Waals surface area (Å²) in [6.07, 6.45) is 0.711. The van der Waals surface area contributed by atoms with E-state index in [-0.39, 0.29) is 11.5 Å². The zero-order valence-electron chi connectivity index (χ0n) is 9.56. The van der Waals surface area contributed by atoms with Gasteiger partial charge in [-0.3, -0.25) is 0 Å². The van der Waals surface area contributed by atoms with Crippen LogP contribution >= 0.6 is 11.6 Å². The van der Waals surface area contributed by atoms with Gasteiger partial charge in [-0.25, -0.2) is 13.1 Å². The minimum absolute atomic E-state index is 0.191. The van der Waals surface area contributed by atoms with Gasteiger partial charge in [0.15, 0.2) is 0 Å². The quantitative estimate of drug-likeness (QED) is 0.766. The summed E-state index contributed by atoms with van der Waals surface area (Å²) in [5, 5.41) is 8.82. The van der Waals surface area contributed by atoms with Crippen LogP contribution in [0.3, 0.4) is 0 Å². The molecule has 0 aliphatic carbocycles. The smallest absolute Gasteiger partial charge is 0.240 e. The highest BCUT2D eigenvalue weighted by molar-refractivity contribution is 7.89. The maximum Gasteiger partial charge on any atom is 0.240 e. The molecule has 0 aromatic heterocycles. The molecule has 0 fully saturated rings. The summed E-state index contributed by atoms with van der Waals surface area (Å²) in [5.41, 5.74) is 0.995. The van der Waals surface area contributed by atoms with E-state index >= 15 is 0 Å². The van der Waals surface area contributed by atoms with Crippen molar-refractivity contribution in [1.82, 2.24) is 4.72 Å². The summed E-state index contributed by atoms with van der Waals surface area (Å²) < 4.78 is 26.0. The largest absolute Gasteiger partial charge is 0.395 e. The van der Waals surface area contributed by atoms with Crippen LogP contribution in [0.4, 0.5) is 0 Å². The zero-order chi connectivity index (χ0) is 12.9. The number of sulfonamides is 1. The Hall–Kier alpha value is -0.620. The Labute approximate surface area is 107 Å². The summed E-state index contributed by atoms with van der Waals surface area (Å²) in [5.74, 6) is 0.506. The molecule has 0 aliphatic heterocycles. The van der Waals surface area contributed by atoms with Gasteiger partial charge in [0.25, 0.3) is 0 Å². The van der Waals surface area contributed by atoms with E-state index in [1.54, 1.807) is 19.1 Å². The highest BCUT2D eigenvalue weighted by Gasteiger charge is 2.16. The molecule has 0 aliphatic rings. The molecule has 0 saturated carbocycles. The third kappa shape index (κ3) is 4.27. The Bertz CT molecular complexity index is 444. The second-order valence-electron chi connectivity index (χ2n) is 3.79. The first kappa shape index (κ1) is 14.4. The van der Waals surface area contributed by atoms with Crippen molar-refractivity contribution in [2.24, 2.45) is 0 Å². The molecule has 0 heterocycles. The van der Waals surface area contributed by atoms with Crippen LogP contribution in [0, 0.1) is 0 Å². The molecule has 0 amide bonds. The molecule has 1 atom stereocenters.